The average molecular weight is 323 g/mol. The van der Waals surface area contributed by atoms with Gasteiger partial charge in [0.05, 0.1) is 0 Å². The molecular formula is C16H19ClN2O3. The van der Waals surface area contributed by atoms with Crippen LogP contribution in [0.4, 0.5) is 5.69 Å². The van der Waals surface area contributed by atoms with E-state index in [9.17, 15) is 14.4 Å². The lowest BCUT2D eigenvalue weighted by Gasteiger charge is -2.19. The van der Waals surface area contributed by atoms with Crippen LogP contribution in [0.2, 0.25) is 5.02 Å². The standard InChI is InChI=1S/C16H19ClN2O3/c1-11(20)14(10-15(21)19-8-2-3-9-19)16(22)18-13-6-4-12(17)5-7-13/h4-7,14H,2-3,8-10H2,1H3,(H,18,22)/t14-/m0/s1. The highest BCUT2D eigenvalue weighted by molar-refractivity contribution is 6.30. The number of rotatable bonds is 5. The van der Waals surface area contributed by atoms with Gasteiger partial charge in [-0.05, 0) is 44.0 Å². The maximum Gasteiger partial charge on any atom is 0.235 e. The van der Waals surface area contributed by atoms with Gasteiger partial charge < -0.3 is 10.2 Å². The number of nitrogens with zero attached hydrogens (tertiary/aromatic N) is 1. The molecule has 1 aliphatic heterocycles. The molecule has 1 fully saturated rings. The Morgan fingerprint density at radius 1 is 1.18 bits per heavy atom. The van der Waals surface area contributed by atoms with Crippen molar-refractivity contribution < 1.29 is 14.4 Å². The lowest BCUT2D eigenvalue weighted by molar-refractivity contribution is -0.138. The Balaban J connectivity index is 2.00. The highest BCUT2D eigenvalue weighted by Gasteiger charge is 2.29. The van der Waals surface area contributed by atoms with Crippen molar-refractivity contribution in [3.05, 3.63) is 29.3 Å². The molecule has 1 aromatic rings. The van der Waals surface area contributed by atoms with Crippen molar-refractivity contribution in [2.75, 3.05) is 18.4 Å². The minimum atomic E-state index is -0.955. The van der Waals surface area contributed by atoms with Crippen molar-refractivity contribution in [3.63, 3.8) is 0 Å². The zero-order valence-electron chi connectivity index (χ0n) is 12.5. The molecule has 1 aromatic carbocycles. The quantitative estimate of drug-likeness (QED) is 0.847. The van der Waals surface area contributed by atoms with Crippen LogP contribution in [-0.4, -0.2) is 35.6 Å². The number of benzene rings is 1. The number of hydrogen-bond acceptors (Lipinski definition) is 3. The molecule has 0 radical (unpaired) electrons. The van der Waals surface area contributed by atoms with Crippen molar-refractivity contribution in [1.82, 2.24) is 4.90 Å². The number of amides is 2. The highest BCUT2D eigenvalue weighted by atomic mass is 35.5. The maximum absolute atomic E-state index is 12.3. The molecule has 1 atom stereocenters. The summed E-state index contributed by atoms with van der Waals surface area (Å²) in [7, 11) is 0. The van der Waals surface area contributed by atoms with Crippen molar-refractivity contribution in [1.29, 1.82) is 0 Å². The second kappa shape index (κ2) is 7.40. The number of carbonyl (C=O) groups excluding carboxylic acids is 3. The molecule has 2 amide bonds. The summed E-state index contributed by atoms with van der Waals surface area (Å²) in [6.07, 6.45) is 1.88. The number of Topliss-reactive ketones (excluding diaryl/α,β-unsaturated/α-hetero) is 1. The summed E-state index contributed by atoms with van der Waals surface area (Å²) in [6, 6.07) is 6.60. The van der Waals surface area contributed by atoms with Crippen LogP contribution in [0.5, 0.6) is 0 Å². The fourth-order valence-corrected chi connectivity index (χ4v) is 2.58. The molecule has 5 nitrogen and oxygen atoms in total. The maximum atomic E-state index is 12.3. The van der Waals surface area contributed by atoms with Crippen LogP contribution >= 0.6 is 11.6 Å². The summed E-state index contributed by atoms with van der Waals surface area (Å²) in [5.74, 6) is -1.85. The van der Waals surface area contributed by atoms with Crippen LogP contribution in [0.25, 0.3) is 0 Å². The van der Waals surface area contributed by atoms with Crippen molar-refractivity contribution >= 4 is 34.9 Å². The normalized spacial score (nSPS) is 15.5. The molecule has 0 bridgehead atoms. The van der Waals surface area contributed by atoms with Crippen molar-refractivity contribution in [2.24, 2.45) is 5.92 Å². The monoisotopic (exact) mass is 322 g/mol. The van der Waals surface area contributed by atoms with Gasteiger partial charge in [-0.1, -0.05) is 11.6 Å². The van der Waals surface area contributed by atoms with E-state index in [1.54, 1.807) is 29.2 Å². The van der Waals surface area contributed by atoms with Crippen LogP contribution in [-0.2, 0) is 14.4 Å². The zero-order chi connectivity index (χ0) is 16.1. The third-order valence-electron chi connectivity index (χ3n) is 3.76. The molecule has 2 rings (SSSR count). The summed E-state index contributed by atoms with van der Waals surface area (Å²) in [5.41, 5.74) is 0.550. The molecule has 1 heterocycles. The van der Waals surface area contributed by atoms with Gasteiger partial charge in [-0.3, -0.25) is 14.4 Å². The van der Waals surface area contributed by atoms with E-state index in [1.807, 2.05) is 0 Å². The third-order valence-corrected chi connectivity index (χ3v) is 4.01. The Morgan fingerprint density at radius 2 is 1.77 bits per heavy atom. The van der Waals surface area contributed by atoms with E-state index in [0.29, 0.717) is 23.8 Å². The zero-order valence-corrected chi connectivity index (χ0v) is 13.2. The van der Waals surface area contributed by atoms with Gasteiger partial charge >= 0.3 is 0 Å². The Labute approximate surface area is 134 Å². The summed E-state index contributed by atoms with van der Waals surface area (Å²) < 4.78 is 0. The van der Waals surface area contributed by atoms with Crippen molar-refractivity contribution in [3.8, 4) is 0 Å². The topological polar surface area (TPSA) is 66.5 Å². The summed E-state index contributed by atoms with van der Waals surface area (Å²) in [4.78, 5) is 37.8. The molecule has 1 aliphatic rings. The van der Waals surface area contributed by atoms with Gasteiger partial charge in [-0.15, -0.1) is 0 Å². The van der Waals surface area contributed by atoms with Crippen LogP contribution in [0.1, 0.15) is 26.2 Å². The molecule has 0 saturated carbocycles. The molecule has 0 spiro atoms. The molecule has 0 aromatic heterocycles. The van der Waals surface area contributed by atoms with Crippen LogP contribution in [0.15, 0.2) is 24.3 Å². The molecule has 118 valence electrons. The fraction of sp³-hybridized carbons (Fsp3) is 0.438. The first-order chi connectivity index (χ1) is 10.5. The van der Waals surface area contributed by atoms with Gasteiger partial charge in [0.2, 0.25) is 11.8 Å². The lowest BCUT2D eigenvalue weighted by atomic mass is 9.99. The van der Waals surface area contributed by atoms with Crippen LogP contribution < -0.4 is 5.32 Å². The van der Waals surface area contributed by atoms with Gasteiger partial charge in [0, 0.05) is 30.2 Å². The molecule has 1 N–H and O–H groups in total. The first-order valence-electron chi connectivity index (χ1n) is 7.32. The molecule has 6 heteroatoms. The van der Waals surface area contributed by atoms with Gasteiger partial charge in [0.25, 0.3) is 0 Å². The molecule has 0 aliphatic carbocycles. The fourth-order valence-electron chi connectivity index (χ4n) is 2.45. The molecule has 1 saturated heterocycles. The molecule has 22 heavy (non-hydrogen) atoms. The number of carbonyl (C=O) groups is 3. The SMILES string of the molecule is CC(=O)[C@H](CC(=O)N1CCCC1)C(=O)Nc1ccc(Cl)cc1. The summed E-state index contributed by atoms with van der Waals surface area (Å²) in [6.45, 7) is 2.76. The second-order valence-electron chi connectivity index (χ2n) is 5.45. The van der Waals surface area contributed by atoms with E-state index in [0.717, 1.165) is 12.8 Å². The number of halogens is 1. The van der Waals surface area contributed by atoms with Gasteiger partial charge in [0.15, 0.2) is 0 Å². The van der Waals surface area contributed by atoms with Crippen molar-refractivity contribution in [2.45, 2.75) is 26.2 Å². The molecule has 0 unspecified atom stereocenters. The second-order valence-corrected chi connectivity index (χ2v) is 5.89. The number of likely N-dealkylation sites (tertiary alicyclic amines) is 1. The number of anilines is 1. The van der Waals surface area contributed by atoms with E-state index in [4.69, 9.17) is 11.6 Å². The smallest absolute Gasteiger partial charge is 0.235 e. The van der Waals surface area contributed by atoms with E-state index in [-0.39, 0.29) is 18.1 Å². The number of hydrogen-bond donors (Lipinski definition) is 1. The van der Waals surface area contributed by atoms with E-state index in [2.05, 4.69) is 5.32 Å². The lowest BCUT2D eigenvalue weighted by Crippen LogP contribution is -2.36. The Morgan fingerprint density at radius 3 is 2.32 bits per heavy atom. The van der Waals surface area contributed by atoms with Gasteiger partial charge in [-0.2, -0.15) is 0 Å². The minimum absolute atomic E-state index is 0.0746. The Hall–Kier alpha value is -1.88. The number of ketones is 1. The van der Waals surface area contributed by atoms with Crippen LogP contribution in [0, 0.1) is 5.92 Å². The Bertz CT molecular complexity index is 565. The predicted molar refractivity (Wildman–Crippen MR) is 84.7 cm³/mol. The van der Waals surface area contributed by atoms with E-state index < -0.39 is 11.8 Å². The summed E-state index contributed by atoms with van der Waals surface area (Å²) >= 11 is 5.79. The predicted octanol–water partition coefficient (Wildman–Crippen LogP) is 2.50. The molecular weight excluding hydrogens is 304 g/mol. The van der Waals surface area contributed by atoms with E-state index in [1.165, 1.54) is 6.92 Å². The first kappa shape index (κ1) is 16.5. The average Bonchev–Trinajstić information content (AvgIpc) is 3.00. The largest absolute Gasteiger partial charge is 0.343 e. The van der Waals surface area contributed by atoms with Gasteiger partial charge in [-0.25, -0.2) is 0 Å². The first-order valence-corrected chi connectivity index (χ1v) is 7.70. The third kappa shape index (κ3) is 4.31. The number of nitrogens with one attached hydrogen (secondary N) is 1. The van der Waals surface area contributed by atoms with E-state index >= 15 is 0 Å². The van der Waals surface area contributed by atoms with Gasteiger partial charge in [0.1, 0.15) is 11.7 Å². The Kier molecular flexibility index (Phi) is 5.55. The highest BCUT2D eigenvalue weighted by Crippen LogP contribution is 2.17. The summed E-state index contributed by atoms with van der Waals surface area (Å²) in [5, 5.41) is 3.22. The minimum Gasteiger partial charge on any atom is -0.343 e. The van der Waals surface area contributed by atoms with Crippen LogP contribution in [0.3, 0.4) is 0 Å².